The van der Waals surface area contributed by atoms with Crippen molar-refractivity contribution in [2.75, 3.05) is 13.1 Å². The second-order valence-electron chi connectivity index (χ2n) is 6.99. The quantitative estimate of drug-likeness (QED) is 0.925. The second kappa shape index (κ2) is 5.72. The van der Waals surface area contributed by atoms with Crippen molar-refractivity contribution in [3.05, 3.63) is 16.1 Å². The Balaban J connectivity index is 1.52. The molecule has 2 aliphatic rings. The molecule has 0 amide bonds. The lowest BCUT2D eigenvalue weighted by Gasteiger charge is -2.31. The van der Waals surface area contributed by atoms with Crippen LogP contribution in [0.1, 0.15) is 44.3 Å². The standard InChI is InChI=1S/C15H25N3OS/c1-15(2,3)16-6-14-17-11(10-20-14)7-18-8-12-4-5-13(9-18)19-12/h10,12-13,16H,4-9H2,1-3H3. The van der Waals surface area contributed by atoms with E-state index in [2.05, 4.69) is 36.4 Å². The summed E-state index contributed by atoms with van der Waals surface area (Å²) >= 11 is 1.76. The number of morpholine rings is 1. The molecule has 2 bridgehead atoms. The number of nitrogens with zero attached hydrogens (tertiary/aromatic N) is 2. The van der Waals surface area contributed by atoms with Gasteiger partial charge in [0.15, 0.2) is 0 Å². The molecule has 4 nitrogen and oxygen atoms in total. The fourth-order valence-corrected chi connectivity index (χ4v) is 3.63. The molecule has 3 heterocycles. The van der Waals surface area contributed by atoms with Gasteiger partial charge in [0.1, 0.15) is 5.01 Å². The molecule has 20 heavy (non-hydrogen) atoms. The van der Waals surface area contributed by atoms with Crippen molar-refractivity contribution < 1.29 is 4.74 Å². The molecule has 1 N–H and O–H groups in total. The summed E-state index contributed by atoms with van der Waals surface area (Å²) in [5, 5.41) is 6.89. The van der Waals surface area contributed by atoms with E-state index in [4.69, 9.17) is 9.72 Å². The Bertz CT molecular complexity index is 442. The molecule has 0 spiro atoms. The zero-order valence-electron chi connectivity index (χ0n) is 12.7. The fourth-order valence-electron chi connectivity index (χ4n) is 2.90. The number of rotatable bonds is 4. The van der Waals surface area contributed by atoms with E-state index in [1.807, 2.05) is 0 Å². The highest BCUT2D eigenvalue weighted by atomic mass is 32.1. The lowest BCUT2D eigenvalue weighted by atomic mass is 10.1. The van der Waals surface area contributed by atoms with Gasteiger partial charge in [0, 0.05) is 37.1 Å². The Morgan fingerprint density at radius 1 is 1.35 bits per heavy atom. The number of likely N-dealkylation sites (tertiary alicyclic amines) is 1. The highest BCUT2D eigenvalue weighted by molar-refractivity contribution is 7.09. The summed E-state index contributed by atoms with van der Waals surface area (Å²) in [6, 6.07) is 0. The Morgan fingerprint density at radius 3 is 2.70 bits per heavy atom. The fraction of sp³-hybridized carbons (Fsp3) is 0.800. The van der Waals surface area contributed by atoms with Crippen LogP contribution in [-0.2, 0) is 17.8 Å². The maximum Gasteiger partial charge on any atom is 0.107 e. The van der Waals surface area contributed by atoms with E-state index in [0.29, 0.717) is 12.2 Å². The lowest BCUT2D eigenvalue weighted by molar-refractivity contribution is -0.0413. The second-order valence-corrected chi connectivity index (χ2v) is 7.93. The van der Waals surface area contributed by atoms with Crippen molar-refractivity contribution in [1.29, 1.82) is 0 Å². The number of hydrogen-bond acceptors (Lipinski definition) is 5. The van der Waals surface area contributed by atoms with E-state index in [0.717, 1.165) is 26.2 Å². The molecule has 0 aromatic carbocycles. The summed E-state index contributed by atoms with van der Waals surface area (Å²) in [6.07, 6.45) is 3.40. The largest absolute Gasteiger partial charge is 0.372 e. The van der Waals surface area contributed by atoms with Crippen molar-refractivity contribution in [2.45, 2.75) is 64.4 Å². The summed E-state index contributed by atoms with van der Waals surface area (Å²) in [5.74, 6) is 0. The first kappa shape index (κ1) is 14.4. The van der Waals surface area contributed by atoms with Crippen molar-refractivity contribution in [1.82, 2.24) is 15.2 Å². The summed E-state index contributed by atoms with van der Waals surface area (Å²) in [5.41, 5.74) is 1.36. The summed E-state index contributed by atoms with van der Waals surface area (Å²) < 4.78 is 5.88. The van der Waals surface area contributed by atoms with Crippen LogP contribution in [-0.4, -0.2) is 40.7 Å². The van der Waals surface area contributed by atoms with E-state index in [9.17, 15) is 0 Å². The number of hydrogen-bond donors (Lipinski definition) is 1. The van der Waals surface area contributed by atoms with Crippen LogP contribution >= 0.6 is 11.3 Å². The van der Waals surface area contributed by atoms with Crippen LogP contribution in [0.2, 0.25) is 0 Å². The molecule has 2 fully saturated rings. The van der Waals surface area contributed by atoms with Gasteiger partial charge in [-0.25, -0.2) is 4.98 Å². The van der Waals surface area contributed by atoms with Crippen molar-refractivity contribution in [2.24, 2.45) is 0 Å². The molecule has 2 aliphatic heterocycles. The number of thiazole rings is 1. The molecular formula is C15H25N3OS. The number of nitrogens with one attached hydrogen (secondary N) is 1. The Hall–Kier alpha value is -0.490. The lowest BCUT2D eigenvalue weighted by Crippen LogP contribution is -2.42. The Kier molecular flexibility index (Phi) is 4.13. The smallest absolute Gasteiger partial charge is 0.107 e. The van der Waals surface area contributed by atoms with Gasteiger partial charge in [-0.05, 0) is 33.6 Å². The highest BCUT2D eigenvalue weighted by Gasteiger charge is 2.33. The van der Waals surface area contributed by atoms with Gasteiger partial charge in [0.25, 0.3) is 0 Å². The third-order valence-corrected chi connectivity index (χ3v) is 4.77. The van der Waals surface area contributed by atoms with Gasteiger partial charge in [-0.3, -0.25) is 4.90 Å². The van der Waals surface area contributed by atoms with Crippen molar-refractivity contribution >= 4 is 11.3 Å². The van der Waals surface area contributed by atoms with E-state index < -0.39 is 0 Å². The molecule has 2 unspecified atom stereocenters. The maximum absolute atomic E-state index is 5.88. The third kappa shape index (κ3) is 3.79. The minimum atomic E-state index is 0.148. The van der Waals surface area contributed by atoms with Crippen LogP contribution in [0.3, 0.4) is 0 Å². The van der Waals surface area contributed by atoms with E-state index in [1.165, 1.54) is 23.5 Å². The predicted molar refractivity (Wildman–Crippen MR) is 81.9 cm³/mol. The van der Waals surface area contributed by atoms with Gasteiger partial charge in [0.05, 0.1) is 17.9 Å². The van der Waals surface area contributed by atoms with Crippen LogP contribution in [0.5, 0.6) is 0 Å². The van der Waals surface area contributed by atoms with Gasteiger partial charge in [-0.15, -0.1) is 11.3 Å². The average Bonchev–Trinajstić information content (AvgIpc) is 2.93. The molecule has 0 radical (unpaired) electrons. The highest BCUT2D eigenvalue weighted by Crippen LogP contribution is 2.27. The van der Waals surface area contributed by atoms with Gasteiger partial charge in [-0.2, -0.15) is 0 Å². The van der Waals surface area contributed by atoms with E-state index in [-0.39, 0.29) is 5.54 Å². The van der Waals surface area contributed by atoms with Gasteiger partial charge in [-0.1, -0.05) is 0 Å². The monoisotopic (exact) mass is 295 g/mol. The molecule has 5 heteroatoms. The topological polar surface area (TPSA) is 37.4 Å². The molecule has 2 saturated heterocycles. The summed E-state index contributed by atoms with van der Waals surface area (Å²) in [6.45, 7) is 10.5. The van der Waals surface area contributed by atoms with E-state index in [1.54, 1.807) is 11.3 Å². The van der Waals surface area contributed by atoms with Crippen molar-refractivity contribution in [3.63, 3.8) is 0 Å². The Labute approximate surface area is 125 Å². The molecule has 2 atom stereocenters. The summed E-state index contributed by atoms with van der Waals surface area (Å²) in [7, 11) is 0. The number of fused-ring (bicyclic) bond motifs is 2. The maximum atomic E-state index is 5.88. The minimum absolute atomic E-state index is 0.148. The van der Waals surface area contributed by atoms with Gasteiger partial charge >= 0.3 is 0 Å². The zero-order chi connectivity index (χ0) is 14.2. The third-order valence-electron chi connectivity index (χ3n) is 3.87. The molecule has 0 saturated carbocycles. The van der Waals surface area contributed by atoms with Crippen LogP contribution in [0, 0.1) is 0 Å². The molecule has 1 aromatic heterocycles. The molecule has 1 aromatic rings. The van der Waals surface area contributed by atoms with Gasteiger partial charge in [0.2, 0.25) is 0 Å². The molecule has 112 valence electrons. The van der Waals surface area contributed by atoms with Crippen LogP contribution in [0.4, 0.5) is 0 Å². The number of aromatic nitrogens is 1. The SMILES string of the molecule is CC(C)(C)NCc1nc(CN2CC3CCC(C2)O3)cs1. The van der Waals surface area contributed by atoms with Gasteiger partial charge < -0.3 is 10.1 Å². The summed E-state index contributed by atoms with van der Waals surface area (Å²) in [4.78, 5) is 7.25. The minimum Gasteiger partial charge on any atom is -0.372 e. The van der Waals surface area contributed by atoms with Crippen molar-refractivity contribution in [3.8, 4) is 0 Å². The predicted octanol–water partition coefficient (Wildman–Crippen LogP) is 2.39. The van der Waals surface area contributed by atoms with Crippen LogP contribution in [0.25, 0.3) is 0 Å². The normalized spacial score (nSPS) is 27.1. The Morgan fingerprint density at radius 2 is 2.05 bits per heavy atom. The van der Waals surface area contributed by atoms with Crippen LogP contribution < -0.4 is 5.32 Å². The number of ether oxygens (including phenoxy) is 1. The first-order valence-electron chi connectivity index (χ1n) is 7.54. The molecule has 0 aliphatic carbocycles. The molecular weight excluding hydrogens is 270 g/mol. The first-order valence-corrected chi connectivity index (χ1v) is 8.42. The van der Waals surface area contributed by atoms with Crippen LogP contribution in [0.15, 0.2) is 5.38 Å². The molecule has 3 rings (SSSR count). The van der Waals surface area contributed by atoms with E-state index >= 15 is 0 Å². The zero-order valence-corrected chi connectivity index (χ0v) is 13.5. The first-order chi connectivity index (χ1) is 9.48. The average molecular weight is 295 g/mol.